The fraction of sp³-hybridized carbons (Fsp3) is 0.321. The molecule has 7 heteroatoms. The zero-order chi connectivity index (χ0) is 24.3. The smallest absolute Gasteiger partial charge is 0.224 e. The topological polar surface area (TPSA) is 73.6 Å². The van der Waals surface area contributed by atoms with Crippen LogP contribution < -0.4 is 20.5 Å². The third-order valence-corrected chi connectivity index (χ3v) is 5.92. The van der Waals surface area contributed by atoms with Gasteiger partial charge in [-0.05, 0) is 60.7 Å². The highest BCUT2D eigenvalue weighted by Gasteiger charge is 2.17. The lowest BCUT2D eigenvalue weighted by molar-refractivity contribution is -0.124. The van der Waals surface area contributed by atoms with Gasteiger partial charge in [0.05, 0.1) is 16.0 Å². The largest absolute Gasteiger partial charge is 0.490 e. The molecule has 0 aromatic heterocycles. The summed E-state index contributed by atoms with van der Waals surface area (Å²) in [4.78, 5) is 12.5. The van der Waals surface area contributed by atoms with Crippen LogP contribution in [0.5, 0.6) is 11.5 Å². The molecule has 0 bridgehead atoms. The Hall–Kier alpha value is -2.73. The van der Waals surface area contributed by atoms with Crippen LogP contribution in [0.25, 0.3) is 0 Å². The molecule has 0 spiro atoms. The van der Waals surface area contributed by atoms with Gasteiger partial charge >= 0.3 is 0 Å². The minimum absolute atomic E-state index is 0. The van der Waals surface area contributed by atoms with E-state index >= 15 is 0 Å². The van der Waals surface area contributed by atoms with Gasteiger partial charge in [0.1, 0.15) is 19.0 Å². The minimum atomic E-state index is -0.278. The van der Waals surface area contributed by atoms with Crippen LogP contribution in [0.3, 0.4) is 0 Å². The van der Waals surface area contributed by atoms with Gasteiger partial charge in [0.2, 0.25) is 5.91 Å². The summed E-state index contributed by atoms with van der Waals surface area (Å²) < 4.78 is 11.4. The highest BCUT2D eigenvalue weighted by atomic mass is 35.5. The van der Waals surface area contributed by atoms with Gasteiger partial charge < -0.3 is 20.5 Å². The second-order valence-corrected chi connectivity index (χ2v) is 8.88. The van der Waals surface area contributed by atoms with Crippen LogP contribution in [0.15, 0.2) is 66.7 Å². The van der Waals surface area contributed by atoms with Crippen molar-refractivity contribution in [3.63, 3.8) is 0 Å². The van der Waals surface area contributed by atoms with Crippen molar-refractivity contribution in [1.29, 1.82) is 0 Å². The van der Waals surface area contributed by atoms with E-state index < -0.39 is 0 Å². The quantitative estimate of drug-likeness (QED) is 0.295. The van der Waals surface area contributed by atoms with Crippen LogP contribution in [0.1, 0.15) is 24.1 Å². The lowest BCUT2D eigenvalue weighted by Crippen LogP contribution is -2.37. The number of aryl methyl sites for hydroxylation is 1. The molecule has 35 heavy (non-hydrogen) atoms. The number of amides is 1. The number of nitrogens with two attached hydrogens (primary N) is 1. The molecule has 3 aromatic carbocycles. The Balaban J connectivity index is 0.00000432. The number of halogens is 2. The van der Waals surface area contributed by atoms with Gasteiger partial charge in [0, 0.05) is 13.1 Å². The van der Waals surface area contributed by atoms with Crippen LogP contribution in [0.4, 0.5) is 0 Å². The molecular weight excluding hydrogens is 483 g/mol. The Morgan fingerprint density at radius 1 is 0.943 bits per heavy atom. The van der Waals surface area contributed by atoms with Crippen LogP contribution in [0.2, 0.25) is 10.0 Å². The number of nitrogens with one attached hydrogen (secondary N) is 1. The molecule has 1 amide bonds. The predicted molar refractivity (Wildman–Crippen MR) is 145 cm³/mol. The van der Waals surface area contributed by atoms with Crippen LogP contribution in [0, 0.1) is 12.8 Å². The lowest BCUT2D eigenvalue weighted by atomic mass is 9.98. The maximum Gasteiger partial charge on any atom is 0.224 e. The van der Waals surface area contributed by atoms with Crippen molar-refractivity contribution >= 4 is 29.1 Å². The third kappa shape index (κ3) is 9.10. The fourth-order valence-electron chi connectivity index (χ4n) is 3.54. The van der Waals surface area contributed by atoms with Crippen LogP contribution in [-0.4, -0.2) is 32.2 Å². The second kappa shape index (κ2) is 14.6. The molecule has 0 fully saturated rings. The first-order chi connectivity index (χ1) is 16.5. The molecule has 1 unspecified atom stereocenters. The molecule has 3 N–H and O–H groups in total. The summed E-state index contributed by atoms with van der Waals surface area (Å²) in [5.41, 5.74) is 9.06. The van der Waals surface area contributed by atoms with E-state index in [2.05, 4.69) is 17.4 Å². The molecule has 1 atom stereocenters. The van der Waals surface area contributed by atoms with Crippen molar-refractivity contribution in [3.05, 3.63) is 93.5 Å². The molecule has 0 heterocycles. The number of hydrogen-bond acceptors (Lipinski definition) is 4. The van der Waals surface area contributed by atoms with E-state index in [4.69, 9.17) is 38.4 Å². The molecule has 5 nitrogen and oxygen atoms in total. The maximum atomic E-state index is 12.5. The Morgan fingerprint density at radius 2 is 1.57 bits per heavy atom. The molecule has 3 rings (SSSR count). The van der Waals surface area contributed by atoms with E-state index in [0.717, 1.165) is 17.5 Å². The molecule has 0 saturated carbocycles. The second-order valence-electron chi connectivity index (χ2n) is 8.06. The molecule has 0 aliphatic carbocycles. The van der Waals surface area contributed by atoms with Crippen LogP contribution in [-0.2, 0) is 17.6 Å². The number of hydrogen-bond donors (Lipinski definition) is 2. The summed E-state index contributed by atoms with van der Waals surface area (Å²) in [5, 5.41) is 3.96. The van der Waals surface area contributed by atoms with Gasteiger partial charge in [-0.3, -0.25) is 4.79 Å². The molecule has 188 valence electrons. The van der Waals surface area contributed by atoms with Gasteiger partial charge in [0.25, 0.3) is 0 Å². The standard InChI is InChI=1S/C27H30Cl2N2O3.CH4/c1-19-15-24(28)26(25(29)16-19)34-14-13-33-23-9-7-21(8-10-23)17-22(18-30)27(32)31-12-11-20-5-3-2-4-6-20;/h2-10,15-16,22H,11-14,17-18,30H2,1H3,(H,31,32);1H4. The summed E-state index contributed by atoms with van der Waals surface area (Å²) in [5.74, 6) is 0.872. The van der Waals surface area contributed by atoms with E-state index in [0.29, 0.717) is 47.7 Å². The number of carbonyl (C=O) groups excluding carboxylic acids is 1. The first-order valence-electron chi connectivity index (χ1n) is 11.3. The summed E-state index contributed by atoms with van der Waals surface area (Å²) in [6.45, 7) is 3.45. The van der Waals surface area contributed by atoms with Gasteiger partial charge in [-0.15, -0.1) is 0 Å². The summed E-state index contributed by atoms with van der Waals surface area (Å²) >= 11 is 12.4. The Kier molecular flexibility index (Phi) is 11.9. The predicted octanol–water partition coefficient (Wildman–Crippen LogP) is 5.87. The third-order valence-electron chi connectivity index (χ3n) is 5.36. The zero-order valence-corrected chi connectivity index (χ0v) is 20.7. The number of rotatable bonds is 12. The van der Waals surface area contributed by atoms with E-state index in [1.54, 1.807) is 12.1 Å². The first kappa shape index (κ1) is 28.5. The molecule has 0 aliphatic rings. The first-order valence-corrected chi connectivity index (χ1v) is 12.0. The van der Waals surface area contributed by atoms with Crippen molar-refractivity contribution in [1.82, 2.24) is 5.32 Å². The Labute approximate surface area is 218 Å². The normalized spacial score (nSPS) is 11.3. The summed E-state index contributed by atoms with van der Waals surface area (Å²) in [7, 11) is 0. The summed E-state index contributed by atoms with van der Waals surface area (Å²) in [6.07, 6.45) is 1.36. The van der Waals surface area contributed by atoms with E-state index in [9.17, 15) is 4.79 Å². The highest BCUT2D eigenvalue weighted by molar-refractivity contribution is 6.37. The molecule has 3 aromatic rings. The van der Waals surface area contributed by atoms with Gasteiger partial charge in [-0.1, -0.05) is 73.1 Å². The van der Waals surface area contributed by atoms with Crippen molar-refractivity contribution in [3.8, 4) is 11.5 Å². The molecular formula is C28H34Cl2N2O3. The van der Waals surface area contributed by atoms with Crippen molar-refractivity contribution < 1.29 is 14.3 Å². The average molecular weight is 517 g/mol. The zero-order valence-electron chi connectivity index (χ0n) is 19.2. The van der Waals surface area contributed by atoms with Crippen LogP contribution >= 0.6 is 23.2 Å². The SMILES string of the molecule is C.Cc1cc(Cl)c(OCCOc2ccc(CC(CN)C(=O)NCCc3ccccc3)cc2)c(Cl)c1. The lowest BCUT2D eigenvalue weighted by Gasteiger charge is -2.15. The highest BCUT2D eigenvalue weighted by Crippen LogP contribution is 2.33. The molecule has 0 aliphatic heterocycles. The van der Waals surface area contributed by atoms with Gasteiger partial charge in [-0.2, -0.15) is 0 Å². The number of benzene rings is 3. The Bertz CT molecular complexity index is 1040. The van der Waals surface area contributed by atoms with E-state index in [-0.39, 0.29) is 25.8 Å². The Morgan fingerprint density at radius 3 is 2.20 bits per heavy atom. The minimum Gasteiger partial charge on any atom is -0.490 e. The van der Waals surface area contributed by atoms with Crippen molar-refractivity contribution in [2.24, 2.45) is 11.7 Å². The average Bonchev–Trinajstić information content (AvgIpc) is 2.83. The maximum absolute atomic E-state index is 12.5. The molecule has 0 saturated heterocycles. The van der Waals surface area contributed by atoms with Gasteiger partial charge in [0.15, 0.2) is 5.75 Å². The number of carbonyl (C=O) groups is 1. The fourth-order valence-corrected chi connectivity index (χ4v) is 4.24. The van der Waals surface area contributed by atoms with E-state index in [1.165, 1.54) is 5.56 Å². The molecule has 0 radical (unpaired) electrons. The summed E-state index contributed by atoms with van der Waals surface area (Å²) in [6, 6.07) is 21.3. The van der Waals surface area contributed by atoms with E-state index in [1.807, 2.05) is 49.4 Å². The monoisotopic (exact) mass is 516 g/mol. The van der Waals surface area contributed by atoms with Crippen molar-refractivity contribution in [2.45, 2.75) is 27.2 Å². The van der Waals surface area contributed by atoms with Crippen molar-refractivity contribution in [2.75, 3.05) is 26.3 Å². The van der Waals surface area contributed by atoms with Gasteiger partial charge in [-0.25, -0.2) is 0 Å². The number of ether oxygens (including phenoxy) is 2.